The van der Waals surface area contributed by atoms with Crippen molar-refractivity contribution in [3.63, 3.8) is 0 Å². The Morgan fingerprint density at radius 1 is 1.32 bits per heavy atom. The first-order chi connectivity index (χ1) is 13.2. The van der Waals surface area contributed by atoms with E-state index in [-0.39, 0.29) is 29.4 Å². The number of nitrogens with one attached hydrogen (secondary N) is 1. The number of hydrogen-bond acceptors (Lipinski definition) is 4. The highest BCUT2D eigenvalue weighted by Crippen LogP contribution is 2.40. The number of ether oxygens (including phenoxy) is 2. The number of benzene rings is 2. The van der Waals surface area contributed by atoms with Gasteiger partial charge in [0.15, 0.2) is 11.9 Å². The predicted octanol–water partition coefficient (Wildman–Crippen LogP) is 4.89. The molecule has 3 rings (SSSR count). The smallest absolute Gasteiger partial charge is 0.265 e. The number of amides is 1. The zero-order chi connectivity index (χ0) is 20.6. The Bertz CT molecular complexity index is 960. The van der Waals surface area contributed by atoms with Crippen LogP contribution in [0.1, 0.15) is 47.7 Å². The normalized spacial score (nSPS) is 16.5. The van der Waals surface area contributed by atoms with Gasteiger partial charge in [-0.05, 0) is 43.5 Å². The lowest BCUT2D eigenvalue weighted by atomic mass is 10.0. The fraction of sp³-hybridized carbons (Fsp3) is 0.333. The van der Waals surface area contributed by atoms with Crippen molar-refractivity contribution in [3.05, 3.63) is 51.8 Å². The maximum absolute atomic E-state index is 14.1. The molecule has 5 nitrogen and oxygen atoms in total. The van der Waals surface area contributed by atoms with Crippen LogP contribution in [0.3, 0.4) is 0 Å². The van der Waals surface area contributed by atoms with Crippen LogP contribution in [-0.2, 0) is 4.79 Å². The molecule has 0 fully saturated rings. The van der Waals surface area contributed by atoms with Crippen LogP contribution < -0.4 is 14.8 Å². The van der Waals surface area contributed by atoms with E-state index in [2.05, 4.69) is 5.32 Å². The minimum absolute atomic E-state index is 0.181. The lowest BCUT2D eigenvalue weighted by molar-refractivity contribution is -0.122. The molecule has 0 aromatic heterocycles. The largest absolute Gasteiger partial charge is 0.495 e. The van der Waals surface area contributed by atoms with Crippen molar-refractivity contribution < 1.29 is 23.5 Å². The average Bonchev–Trinajstić information content (AvgIpc) is 2.95. The van der Waals surface area contributed by atoms with Gasteiger partial charge in [-0.25, -0.2) is 4.39 Å². The Kier molecular flexibility index (Phi) is 5.61. The summed E-state index contributed by atoms with van der Waals surface area (Å²) in [7, 11) is 1.48. The summed E-state index contributed by atoms with van der Waals surface area (Å²) in [5.41, 5.74) is 1.82. The molecule has 0 unspecified atom stereocenters. The molecular weight excluding hydrogens is 385 g/mol. The Morgan fingerprint density at radius 2 is 2.04 bits per heavy atom. The van der Waals surface area contributed by atoms with Crippen molar-refractivity contribution in [2.45, 2.75) is 39.2 Å². The van der Waals surface area contributed by atoms with Gasteiger partial charge in [-0.1, -0.05) is 18.5 Å². The third kappa shape index (κ3) is 3.69. The van der Waals surface area contributed by atoms with E-state index in [9.17, 15) is 14.0 Å². The van der Waals surface area contributed by atoms with Crippen LogP contribution in [-0.4, -0.2) is 24.9 Å². The molecule has 0 spiro atoms. The summed E-state index contributed by atoms with van der Waals surface area (Å²) in [5.74, 6) is -0.623. The molecule has 0 radical (unpaired) electrons. The van der Waals surface area contributed by atoms with E-state index in [4.69, 9.17) is 21.1 Å². The third-order valence-electron chi connectivity index (χ3n) is 4.83. The summed E-state index contributed by atoms with van der Waals surface area (Å²) in [6, 6.07) is 5.97. The molecule has 0 saturated heterocycles. The number of carbonyl (C=O) groups is 2. The van der Waals surface area contributed by atoms with E-state index >= 15 is 0 Å². The monoisotopic (exact) mass is 405 g/mol. The molecule has 1 aliphatic rings. The van der Waals surface area contributed by atoms with Crippen LogP contribution in [0.5, 0.6) is 11.5 Å². The van der Waals surface area contributed by atoms with Gasteiger partial charge >= 0.3 is 0 Å². The molecule has 0 bridgehead atoms. The number of halogens is 2. The summed E-state index contributed by atoms with van der Waals surface area (Å²) in [5, 5.41) is 3.26. The molecule has 1 aliphatic carbocycles. The highest BCUT2D eigenvalue weighted by molar-refractivity contribution is 6.31. The van der Waals surface area contributed by atoms with Crippen LogP contribution in [0.2, 0.25) is 5.02 Å². The van der Waals surface area contributed by atoms with Crippen molar-refractivity contribution in [2.75, 3.05) is 12.4 Å². The summed E-state index contributed by atoms with van der Waals surface area (Å²) in [4.78, 5) is 24.9. The Labute approximate surface area is 167 Å². The lowest BCUT2D eigenvalue weighted by Gasteiger charge is -2.18. The van der Waals surface area contributed by atoms with Crippen LogP contribution >= 0.6 is 11.6 Å². The molecule has 1 N–H and O–H groups in total. The molecule has 0 heterocycles. The first-order valence-electron chi connectivity index (χ1n) is 8.90. The van der Waals surface area contributed by atoms with Gasteiger partial charge in [0.2, 0.25) is 0 Å². The second kappa shape index (κ2) is 7.80. The highest BCUT2D eigenvalue weighted by Gasteiger charge is 2.33. The van der Waals surface area contributed by atoms with Crippen molar-refractivity contribution in [2.24, 2.45) is 0 Å². The Balaban J connectivity index is 1.82. The number of hydrogen-bond donors (Lipinski definition) is 1. The van der Waals surface area contributed by atoms with E-state index < -0.39 is 17.8 Å². The first-order valence-corrected chi connectivity index (χ1v) is 9.28. The molecule has 0 saturated carbocycles. The topological polar surface area (TPSA) is 64.6 Å². The molecule has 1 amide bonds. The van der Waals surface area contributed by atoms with E-state index in [0.717, 1.165) is 5.56 Å². The molecular formula is C21H21ClFNO4. The first kappa shape index (κ1) is 20.1. The number of aryl methyl sites for hydroxylation is 1. The SMILES string of the molecule is COc1cc(Cl)c(C)cc1NC(=O)[C@@H](C)Oc1ccc(F)c2c1C(=O)C[C@@H]2C. The van der Waals surface area contributed by atoms with Crippen LogP contribution in [0.15, 0.2) is 24.3 Å². The zero-order valence-corrected chi connectivity index (χ0v) is 16.8. The quantitative estimate of drug-likeness (QED) is 0.769. The number of rotatable bonds is 5. The fourth-order valence-corrected chi connectivity index (χ4v) is 3.49. The number of Topliss-reactive ketones (excluding diaryl/α,β-unsaturated/α-hetero) is 1. The van der Waals surface area contributed by atoms with E-state index in [1.807, 2.05) is 6.92 Å². The maximum Gasteiger partial charge on any atom is 0.265 e. The number of ketones is 1. The predicted molar refractivity (Wildman–Crippen MR) is 105 cm³/mol. The van der Waals surface area contributed by atoms with Gasteiger partial charge in [0, 0.05) is 23.1 Å². The van der Waals surface area contributed by atoms with Gasteiger partial charge < -0.3 is 14.8 Å². The van der Waals surface area contributed by atoms with Gasteiger partial charge in [0.1, 0.15) is 17.3 Å². The summed E-state index contributed by atoms with van der Waals surface area (Å²) < 4.78 is 25.1. The second-order valence-electron chi connectivity index (χ2n) is 6.91. The molecule has 2 aromatic rings. The van der Waals surface area contributed by atoms with Crippen LogP contribution in [0.25, 0.3) is 0 Å². The van der Waals surface area contributed by atoms with Crippen LogP contribution in [0.4, 0.5) is 10.1 Å². The molecule has 7 heteroatoms. The van der Waals surface area contributed by atoms with E-state index in [1.165, 1.54) is 19.2 Å². The van der Waals surface area contributed by atoms with Gasteiger partial charge in [0.25, 0.3) is 5.91 Å². The zero-order valence-electron chi connectivity index (χ0n) is 16.1. The van der Waals surface area contributed by atoms with Crippen molar-refractivity contribution in [1.29, 1.82) is 0 Å². The number of anilines is 1. The minimum Gasteiger partial charge on any atom is -0.495 e. The molecule has 2 aromatic carbocycles. The standard InChI is InChI=1S/C21H21ClFNO4/c1-10-7-15(18(27-4)9-13(10)22)24-21(26)12(3)28-17-6-5-14(23)19-11(2)8-16(25)20(17)19/h5-7,9,11-12H,8H2,1-4H3,(H,24,26)/t11-,12+/m0/s1. The summed E-state index contributed by atoms with van der Waals surface area (Å²) >= 11 is 6.08. The number of methoxy groups -OCH3 is 1. The van der Waals surface area contributed by atoms with E-state index in [1.54, 1.807) is 26.0 Å². The fourth-order valence-electron chi connectivity index (χ4n) is 3.33. The Hall–Kier alpha value is -2.60. The minimum atomic E-state index is -0.918. The highest BCUT2D eigenvalue weighted by atomic mass is 35.5. The van der Waals surface area contributed by atoms with Gasteiger partial charge in [-0.15, -0.1) is 0 Å². The van der Waals surface area contributed by atoms with Gasteiger partial charge in [0.05, 0.1) is 18.4 Å². The number of carbonyl (C=O) groups excluding carboxylic acids is 2. The third-order valence-corrected chi connectivity index (χ3v) is 5.24. The van der Waals surface area contributed by atoms with Crippen LogP contribution in [0, 0.1) is 12.7 Å². The Morgan fingerprint density at radius 3 is 2.71 bits per heavy atom. The van der Waals surface area contributed by atoms with Gasteiger partial charge in [-0.2, -0.15) is 0 Å². The molecule has 2 atom stereocenters. The van der Waals surface area contributed by atoms with Crippen molar-refractivity contribution in [3.8, 4) is 11.5 Å². The van der Waals surface area contributed by atoms with Crippen molar-refractivity contribution >= 4 is 29.0 Å². The lowest BCUT2D eigenvalue weighted by Crippen LogP contribution is -2.30. The molecule has 0 aliphatic heterocycles. The summed E-state index contributed by atoms with van der Waals surface area (Å²) in [6.45, 7) is 5.16. The number of fused-ring (bicyclic) bond motifs is 1. The molecule has 28 heavy (non-hydrogen) atoms. The average molecular weight is 406 g/mol. The van der Waals surface area contributed by atoms with Gasteiger partial charge in [-0.3, -0.25) is 9.59 Å². The van der Waals surface area contributed by atoms with Crippen molar-refractivity contribution in [1.82, 2.24) is 0 Å². The second-order valence-corrected chi connectivity index (χ2v) is 7.32. The maximum atomic E-state index is 14.1. The van der Waals surface area contributed by atoms with E-state index in [0.29, 0.717) is 22.0 Å². The molecule has 148 valence electrons. The summed E-state index contributed by atoms with van der Waals surface area (Å²) in [6.07, 6.45) is -0.687.